The normalized spacial score (nSPS) is 29.6. The predicted molar refractivity (Wildman–Crippen MR) is 48.3 cm³/mol. The first-order valence-corrected chi connectivity index (χ1v) is 5.06. The van der Waals surface area contributed by atoms with E-state index in [-0.39, 0.29) is 12.3 Å². The molecule has 0 unspecified atom stereocenters. The summed E-state index contributed by atoms with van der Waals surface area (Å²) < 4.78 is 13.4. The van der Waals surface area contributed by atoms with E-state index in [1.54, 1.807) is 0 Å². The maximum absolute atomic E-state index is 13.4. The molecule has 1 rings (SSSR count). The molecule has 0 aliphatic heterocycles. The summed E-state index contributed by atoms with van der Waals surface area (Å²) in [5.41, 5.74) is 0. The molecule has 2 nitrogen and oxygen atoms in total. The predicted octanol–water partition coefficient (Wildman–Crippen LogP) is 2.77. The fourth-order valence-corrected chi connectivity index (χ4v) is 1.97. The van der Waals surface area contributed by atoms with Crippen LogP contribution in [0, 0.1) is 5.92 Å². The second kappa shape index (κ2) is 5.20. The molecular formula is C10H17FO2. The summed E-state index contributed by atoms with van der Waals surface area (Å²) >= 11 is 0. The Morgan fingerprint density at radius 3 is 2.69 bits per heavy atom. The average molecular weight is 188 g/mol. The lowest BCUT2D eigenvalue weighted by Gasteiger charge is -2.16. The van der Waals surface area contributed by atoms with E-state index in [1.807, 2.05) is 0 Å². The van der Waals surface area contributed by atoms with Gasteiger partial charge in [-0.15, -0.1) is 0 Å². The Bertz CT molecular complexity index is 170. The van der Waals surface area contributed by atoms with E-state index in [0.29, 0.717) is 12.8 Å². The van der Waals surface area contributed by atoms with Gasteiger partial charge in [0.25, 0.3) is 0 Å². The summed E-state index contributed by atoms with van der Waals surface area (Å²) in [6.45, 7) is 0. The Morgan fingerprint density at radius 2 is 2.00 bits per heavy atom. The van der Waals surface area contributed by atoms with E-state index in [2.05, 4.69) is 0 Å². The molecule has 1 N–H and O–H groups in total. The van der Waals surface area contributed by atoms with E-state index in [1.165, 1.54) is 0 Å². The SMILES string of the molecule is O=C(O)CC[C@H]1CCCCC[C@H]1F. The van der Waals surface area contributed by atoms with E-state index in [9.17, 15) is 9.18 Å². The van der Waals surface area contributed by atoms with Crippen molar-refractivity contribution in [2.45, 2.75) is 51.1 Å². The lowest BCUT2D eigenvalue weighted by Crippen LogP contribution is -2.15. The van der Waals surface area contributed by atoms with Crippen molar-refractivity contribution < 1.29 is 14.3 Å². The number of alkyl halides is 1. The lowest BCUT2D eigenvalue weighted by molar-refractivity contribution is -0.137. The Labute approximate surface area is 78.1 Å². The zero-order valence-electron chi connectivity index (χ0n) is 7.84. The van der Waals surface area contributed by atoms with Gasteiger partial charge in [0.2, 0.25) is 0 Å². The van der Waals surface area contributed by atoms with Gasteiger partial charge in [-0.2, -0.15) is 0 Å². The molecule has 0 bridgehead atoms. The van der Waals surface area contributed by atoms with Crippen LogP contribution < -0.4 is 0 Å². The third-order valence-corrected chi connectivity index (χ3v) is 2.80. The quantitative estimate of drug-likeness (QED) is 0.691. The van der Waals surface area contributed by atoms with Crippen molar-refractivity contribution in [3.05, 3.63) is 0 Å². The molecule has 0 spiro atoms. The third-order valence-electron chi connectivity index (χ3n) is 2.80. The summed E-state index contributed by atoms with van der Waals surface area (Å²) in [6, 6.07) is 0. The molecule has 1 fully saturated rings. The van der Waals surface area contributed by atoms with Crippen LogP contribution in [0.4, 0.5) is 4.39 Å². The van der Waals surface area contributed by atoms with Crippen molar-refractivity contribution in [1.82, 2.24) is 0 Å². The largest absolute Gasteiger partial charge is 0.481 e. The Balaban J connectivity index is 2.31. The number of carboxylic acid groups (broad SMARTS) is 1. The van der Waals surface area contributed by atoms with Crippen LogP contribution in [-0.2, 0) is 4.79 Å². The Kier molecular flexibility index (Phi) is 4.19. The first kappa shape index (κ1) is 10.5. The van der Waals surface area contributed by atoms with Crippen molar-refractivity contribution >= 4 is 5.97 Å². The molecule has 3 heteroatoms. The third kappa shape index (κ3) is 3.75. The van der Waals surface area contributed by atoms with Crippen molar-refractivity contribution in [1.29, 1.82) is 0 Å². The number of hydrogen-bond donors (Lipinski definition) is 1. The van der Waals surface area contributed by atoms with Gasteiger partial charge in [0.05, 0.1) is 0 Å². The summed E-state index contributed by atoms with van der Waals surface area (Å²) in [5.74, 6) is -0.810. The van der Waals surface area contributed by atoms with Gasteiger partial charge in [-0.3, -0.25) is 4.79 Å². The van der Waals surface area contributed by atoms with E-state index in [0.717, 1.165) is 25.7 Å². The monoisotopic (exact) mass is 188 g/mol. The molecule has 0 radical (unpaired) electrons. The zero-order chi connectivity index (χ0) is 9.68. The van der Waals surface area contributed by atoms with Crippen LogP contribution in [0.5, 0.6) is 0 Å². The lowest BCUT2D eigenvalue weighted by atomic mass is 9.93. The van der Waals surface area contributed by atoms with Crippen LogP contribution in [0.3, 0.4) is 0 Å². The minimum atomic E-state index is -0.809. The van der Waals surface area contributed by atoms with Gasteiger partial charge in [-0.05, 0) is 25.2 Å². The molecule has 13 heavy (non-hydrogen) atoms. The van der Waals surface area contributed by atoms with Gasteiger partial charge in [0.1, 0.15) is 6.17 Å². The van der Waals surface area contributed by atoms with Crippen LogP contribution in [-0.4, -0.2) is 17.2 Å². The minimum Gasteiger partial charge on any atom is -0.481 e. The van der Waals surface area contributed by atoms with Gasteiger partial charge >= 0.3 is 5.97 Å². The summed E-state index contributed by atoms with van der Waals surface area (Å²) in [4.78, 5) is 10.3. The highest BCUT2D eigenvalue weighted by molar-refractivity contribution is 5.66. The van der Waals surface area contributed by atoms with Crippen molar-refractivity contribution in [2.75, 3.05) is 0 Å². The van der Waals surface area contributed by atoms with E-state index in [4.69, 9.17) is 5.11 Å². The number of carboxylic acids is 1. The van der Waals surface area contributed by atoms with Crippen molar-refractivity contribution in [3.63, 3.8) is 0 Å². The molecule has 1 aliphatic rings. The molecule has 1 aliphatic carbocycles. The number of aliphatic carboxylic acids is 1. The highest BCUT2D eigenvalue weighted by Crippen LogP contribution is 2.29. The van der Waals surface area contributed by atoms with Crippen LogP contribution >= 0.6 is 0 Å². The topological polar surface area (TPSA) is 37.3 Å². The summed E-state index contributed by atoms with van der Waals surface area (Å²) in [5, 5.41) is 8.48. The van der Waals surface area contributed by atoms with Gasteiger partial charge < -0.3 is 5.11 Å². The van der Waals surface area contributed by atoms with Crippen LogP contribution in [0.15, 0.2) is 0 Å². The number of hydrogen-bond acceptors (Lipinski definition) is 1. The van der Waals surface area contributed by atoms with Crippen molar-refractivity contribution in [2.24, 2.45) is 5.92 Å². The summed E-state index contributed by atoms with van der Waals surface area (Å²) in [7, 11) is 0. The van der Waals surface area contributed by atoms with Crippen LogP contribution in [0.25, 0.3) is 0 Å². The first-order valence-electron chi connectivity index (χ1n) is 5.06. The van der Waals surface area contributed by atoms with Gasteiger partial charge in [-0.25, -0.2) is 4.39 Å². The maximum Gasteiger partial charge on any atom is 0.303 e. The first-order chi connectivity index (χ1) is 6.20. The van der Waals surface area contributed by atoms with E-state index < -0.39 is 12.1 Å². The molecule has 0 aromatic rings. The molecule has 0 aromatic carbocycles. The van der Waals surface area contributed by atoms with Gasteiger partial charge in [-0.1, -0.05) is 19.3 Å². The zero-order valence-corrected chi connectivity index (χ0v) is 7.84. The number of halogens is 1. The smallest absolute Gasteiger partial charge is 0.303 e. The second-order valence-electron chi connectivity index (χ2n) is 3.85. The number of carbonyl (C=O) groups is 1. The highest BCUT2D eigenvalue weighted by atomic mass is 19.1. The molecule has 0 amide bonds. The molecule has 76 valence electrons. The van der Waals surface area contributed by atoms with Crippen LogP contribution in [0.1, 0.15) is 44.9 Å². The number of rotatable bonds is 3. The highest BCUT2D eigenvalue weighted by Gasteiger charge is 2.23. The summed E-state index contributed by atoms with van der Waals surface area (Å²) in [6.07, 6.45) is 4.49. The minimum absolute atomic E-state index is 0.00130. The van der Waals surface area contributed by atoms with Crippen molar-refractivity contribution in [3.8, 4) is 0 Å². The second-order valence-corrected chi connectivity index (χ2v) is 3.85. The fourth-order valence-electron chi connectivity index (χ4n) is 1.97. The fraction of sp³-hybridized carbons (Fsp3) is 0.900. The Morgan fingerprint density at radius 1 is 1.31 bits per heavy atom. The standard InChI is InChI=1S/C10H17FO2/c11-9-5-3-1-2-4-8(9)6-7-10(12)13/h8-9H,1-7H2,(H,12,13)/t8-,9-/m1/s1. The molecule has 1 saturated carbocycles. The molecule has 0 aromatic heterocycles. The molecular weight excluding hydrogens is 171 g/mol. The van der Waals surface area contributed by atoms with Crippen LogP contribution in [0.2, 0.25) is 0 Å². The molecule has 2 atom stereocenters. The van der Waals surface area contributed by atoms with Gasteiger partial charge in [0, 0.05) is 6.42 Å². The molecule has 0 saturated heterocycles. The maximum atomic E-state index is 13.4. The molecule has 0 heterocycles. The van der Waals surface area contributed by atoms with Gasteiger partial charge in [0.15, 0.2) is 0 Å². The van der Waals surface area contributed by atoms with E-state index >= 15 is 0 Å². The Hall–Kier alpha value is -0.600. The average Bonchev–Trinajstić information content (AvgIpc) is 2.27.